The van der Waals surface area contributed by atoms with E-state index >= 15 is 0 Å². The molecular formula is C17H20N2O2. The van der Waals surface area contributed by atoms with Crippen LogP contribution in [-0.2, 0) is 6.42 Å². The van der Waals surface area contributed by atoms with Crippen molar-refractivity contribution in [3.63, 3.8) is 0 Å². The second-order valence-corrected chi connectivity index (χ2v) is 5.09. The number of pyridine rings is 1. The van der Waals surface area contributed by atoms with Gasteiger partial charge in [-0.25, -0.2) is 9.78 Å². The van der Waals surface area contributed by atoms with Gasteiger partial charge in [0, 0.05) is 6.04 Å². The molecule has 110 valence electrons. The number of nitrogens with zero attached hydrogens (tertiary/aromatic N) is 1. The van der Waals surface area contributed by atoms with E-state index in [1.54, 1.807) is 24.3 Å². The maximum Gasteiger partial charge on any atom is 0.362 e. The lowest BCUT2D eigenvalue weighted by atomic mass is 10.2. The molecule has 0 aliphatic rings. The highest BCUT2D eigenvalue weighted by Gasteiger charge is 2.11. The Morgan fingerprint density at radius 2 is 1.90 bits per heavy atom. The lowest BCUT2D eigenvalue weighted by molar-refractivity contribution is 0.0728. The number of aromatic nitrogens is 1. The van der Waals surface area contributed by atoms with Crippen LogP contribution in [0.2, 0.25) is 0 Å². The monoisotopic (exact) mass is 284 g/mol. The van der Waals surface area contributed by atoms with E-state index in [0.29, 0.717) is 17.3 Å². The summed E-state index contributed by atoms with van der Waals surface area (Å²) < 4.78 is 5.33. The summed E-state index contributed by atoms with van der Waals surface area (Å²) in [6, 6.07) is 13.0. The maximum atomic E-state index is 12.1. The van der Waals surface area contributed by atoms with Crippen LogP contribution in [0.1, 0.15) is 36.8 Å². The van der Waals surface area contributed by atoms with Gasteiger partial charge in [0.25, 0.3) is 0 Å². The van der Waals surface area contributed by atoms with E-state index in [0.717, 1.165) is 6.42 Å². The second-order valence-electron chi connectivity index (χ2n) is 5.09. The van der Waals surface area contributed by atoms with E-state index in [-0.39, 0.29) is 6.04 Å². The lowest BCUT2D eigenvalue weighted by Crippen LogP contribution is -2.15. The lowest BCUT2D eigenvalue weighted by Gasteiger charge is -2.10. The Morgan fingerprint density at radius 1 is 1.19 bits per heavy atom. The van der Waals surface area contributed by atoms with Gasteiger partial charge in [0.2, 0.25) is 0 Å². The summed E-state index contributed by atoms with van der Waals surface area (Å²) >= 11 is 0. The summed E-state index contributed by atoms with van der Waals surface area (Å²) in [7, 11) is 0. The Kier molecular flexibility index (Phi) is 4.93. The van der Waals surface area contributed by atoms with Crippen LogP contribution in [0, 0.1) is 0 Å². The fraction of sp³-hybridized carbons (Fsp3) is 0.294. The highest BCUT2D eigenvalue weighted by molar-refractivity contribution is 5.89. The van der Waals surface area contributed by atoms with E-state index in [9.17, 15) is 4.79 Å². The minimum absolute atomic E-state index is 0.255. The minimum atomic E-state index is -0.452. The smallest absolute Gasteiger partial charge is 0.362 e. The van der Waals surface area contributed by atoms with Gasteiger partial charge in [0.1, 0.15) is 11.6 Å². The summed E-state index contributed by atoms with van der Waals surface area (Å²) in [5.74, 6) is 0.744. The first-order valence-electron chi connectivity index (χ1n) is 7.13. The number of nitrogens with one attached hydrogen (secondary N) is 1. The Morgan fingerprint density at radius 3 is 2.52 bits per heavy atom. The largest absolute Gasteiger partial charge is 0.422 e. The van der Waals surface area contributed by atoms with E-state index < -0.39 is 5.97 Å². The van der Waals surface area contributed by atoms with E-state index in [1.165, 1.54) is 5.56 Å². The number of anilines is 1. The molecular weight excluding hydrogens is 264 g/mol. The average molecular weight is 284 g/mol. The summed E-state index contributed by atoms with van der Waals surface area (Å²) in [5, 5.41) is 3.16. The Balaban J connectivity index is 2.08. The molecule has 0 aliphatic carbocycles. The summed E-state index contributed by atoms with van der Waals surface area (Å²) in [4.78, 5) is 16.4. The van der Waals surface area contributed by atoms with Crippen molar-refractivity contribution in [1.29, 1.82) is 0 Å². The standard InChI is InChI=1S/C17H20N2O2/c1-4-13-8-10-14(11-9-13)21-17(20)15-6-5-7-16(19-15)18-12(2)3/h5-12H,4H2,1-3H3,(H,18,19). The number of hydrogen-bond donors (Lipinski definition) is 1. The van der Waals surface area contributed by atoms with E-state index in [1.807, 2.05) is 32.0 Å². The van der Waals surface area contributed by atoms with Crippen molar-refractivity contribution in [2.75, 3.05) is 5.32 Å². The Labute approximate surface area is 125 Å². The first-order valence-corrected chi connectivity index (χ1v) is 7.13. The molecule has 21 heavy (non-hydrogen) atoms. The van der Waals surface area contributed by atoms with Crippen LogP contribution in [0.25, 0.3) is 0 Å². The molecule has 0 radical (unpaired) electrons. The van der Waals surface area contributed by atoms with Gasteiger partial charge in [0.15, 0.2) is 5.69 Å². The molecule has 4 heteroatoms. The van der Waals surface area contributed by atoms with Gasteiger partial charge in [0.05, 0.1) is 0 Å². The fourth-order valence-corrected chi connectivity index (χ4v) is 1.88. The fourth-order valence-electron chi connectivity index (χ4n) is 1.88. The van der Waals surface area contributed by atoms with Crippen LogP contribution in [-0.4, -0.2) is 17.0 Å². The molecule has 0 unspecified atom stereocenters. The number of esters is 1. The SMILES string of the molecule is CCc1ccc(OC(=O)c2cccc(NC(C)C)n2)cc1. The quantitative estimate of drug-likeness (QED) is 0.672. The van der Waals surface area contributed by atoms with Crippen LogP contribution in [0.3, 0.4) is 0 Å². The van der Waals surface area contributed by atoms with Crippen molar-refractivity contribution in [3.8, 4) is 5.75 Å². The zero-order chi connectivity index (χ0) is 15.2. The van der Waals surface area contributed by atoms with Crippen molar-refractivity contribution < 1.29 is 9.53 Å². The molecule has 4 nitrogen and oxygen atoms in total. The van der Waals surface area contributed by atoms with Crippen LogP contribution in [0.5, 0.6) is 5.75 Å². The Hall–Kier alpha value is -2.36. The molecule has 0 saturated carbocycles. The van der Waals surface area contributed by atoms with Crippen molar-refractivity contribution in [3.05, 3.63) is 53.7 Å². The number of ether oxygens (including phenoxy) is 1. The minimum Gasteiger partial charge on any atom is -0.422 e. The summed E-state index contributed by atoms with van der Waals surface area (Å²) in [6.07, 6.45) is 0.957. The number of benzene rings is 1. The third-order valence-electron chi connectivity index (χ3n) is 2.94. The van der Waals surface area contributed by atoms with Gasteiger partial charge >= 0.3 is 5.97 Å². The normalized spacial score (nSPS) is 10.5. The van der Waals surface area contributed by atoms with E-state index in [4.69, 9.17) is 4.74 Å². The van der Waals surface area contributed by atoms with Crippen LogP contribution < -0.4 is 10.1 Å². The van der Waals surface area contributed by atoms with Crippen molar-refractivity contribution in [2.45, 2.75) is 33.2 Å². The van der Waals surface area contributed by atoms with Crippen molar-refractivity contribution in [2.24, 2.45) is 0 Å². The number of carbonyl (C=O) groups is 1. The van der Waals surface area contributed by atoms with Crippen molar-refractivity contribution in [1.82, 2.24) is 4.98 Å². The molecule has 0 bridgehead atoms. The second kappa shape index (κ2) is 6.88. The summed E-state index contributed by atoms with van der Waals surface area (Å²) in [5.41, 5.74) is 1.50. The van der Waals surface area contributed by atoms with Crippen molar-refractivity contribution >= 4 is 11.8 Å². The molecule has 0 aliphatic heterocycles. The van der Waals surface area contributed by atoms with Gasteiger partial charge < -0.3 is 10.1 Å². The number of hydrogen-bond acceptors (Lipinski definition) is 4. The molecule has 0 spiro atoms. The number of rotatable bonds is 5. The third kappa shape index (κ3) is 4.31. The first kappa shape index (κ1) is 15.0. The van der Waals surface area contributed by atoms with Crippen LogP contribution in [0.4, 0.5) is 5.82 Å². The maximum absolute atomic E-state index is 12.1. The molecule has 0 fully saturated rings. The predicted molar refractivity (Wildman–Crippen MR) is 83.8 cm³/mol. The molecule has 0 amide bonds. The van der Waals surface area contributed by atoms with Gasteiger partial charge in [-0.15, -0.1) is 0 Å². The molecule has 1 heterocycles. The molecule has 1 aromatic heterocycles. The van der Waals surface area contributed by atoms with Crippen LogP contribution in [0.15, 0.2) is 42.5 Å². The highest BCUT2D eigenvalue weighted by Crippen LogP contribution is 2.15. The average Bonchev–Trinajstić information content (AvgIpc) is 2.47. The highest BCUT2D eigenvalue weighted by atomic mass is 16.5. The zero-order valence-electron chi connectivity index (χ0n) is 12.6. The molecule has 1 N–H and O–H groups in total. The van der Waals surface area contributed by atoms with E-state index in [2.05, 4.69) is 17.2 Å². The molecule has 2 rings (SSSR count). The first-order chi connectivity index (χ1) is 10.1. The van der Waals surface area contributed by atoms with Gasteiger partial charge in [-0.05, 0) is 50.1 Å². The van der Waals surface area contributed by atoms with Crippen LogP contribution >= 0.6 is 0 Å². The van der Waals surface area contributed by atoms with Gasteiger partial charge in [-0.3, -0.25) is 0 Å². The van der Waals surface area contributed by atoms with Gasteiger partial charge in [-0.1, -0.05) is 25.1 Å². The zero-order valence-corrected chi connectivity index (χ0v) is 12.6. The molecule has 0 atom stereocenters. The molecule has 2 aromatic rings. The topological polar surface area (TPSA) is 51.2 Å². The number of aryl methyl sites for hydroxylation is 1. The number of carbonyl (C=O) groups excluding carboxylic acids is 1. The van der Waals surface area contributed by atoms with Gasteiger partial charge in [-0.2, -0.15) is 0 Å². The summed E-state index contributed by atoms with van der Waals surface area (Å²) in [6.45, 7) is 6.11. The molecule has 1 aromatic carbocycles. The predicted octanol–water partition coefficient (Wildman–Crippen LogP) is 3.68. The third-order valence-corrected chi connectivity index (χ3v) is 2.94. The Bertz CT molecular complexity index is 606. The molecule has 0 saturated heterocycles.